The summed E-state index contributed by atoms with van der Waals surface area (Å²) in [7, 11) is 0. The first-order valence-electron chi connectivity index (χ1n) is 9.50. The zero-order valence-electron chi connectivity index (χ0n) is 14.5. The molecule has 3 aliphatic rings. The molecule has 6 nitrogen and oxygen atoms in total. The average molecular weight is 342 g/mol. The molecule has 1 aliphatic heterocycles. The molecule has 3 fully saturated rings. The number of anilines is 2. The molecule has 4 rings (SSSR count). The Kier molecular flexibility index (Phi) is 4.59. The van der Waals surface area contributed by atoms with Crippen LogP contribution >= 0.6 is 0 Å². The van der Waals surface area contributed by atoms with Crippen LogP contribution in [-0.2, 0) is 9.59 Å². The number of pyridine rings is 1. The maximum atomic E-state index is 12.3. The molecule has 0 radical (unpaired) electrons. The van der Waals surface area contributed by atoms with Crippen molar-refractivity contribution in [2.45, 2.75) is 38.5 Å². The molecular formula is C19H26N4O2. The topological polar surface area (TPSA) is 74.3 Å². The number of amides is 2. The Hall–Kier alpha value is -2.11. The van der Waals surface area contributed by atoms with Crippen LogP contribution in [0.2, 0.25) is 0 Å². The van der Waals surface area contributed by atoms with Crippen molar-refractivity contribution in [3.63, 3.8) is 0 Å². The zero-order valence-corrected chi connectivity index (χ0v) is 14.5. The lowest BCUT2D eigenvalue weighted by Gasteiger charge is -2.22. The lowest BCUT2D eigenvalue weighted by molar-refractivity contribution is -0.136. The highest BCUT2D eigenvalue weighted by molar-refractivity contribution is 6.39. The molecule has 0 aromatic carbocycles. The van der Waals surface area contributed by atoms with Gasteiger partial charge in [-0.3, -0.25) is 9.59 Å². The van der Waals surface area contributed by atoms with Gasteiger partial charge in [-0.15, -0.1) is 0 Å². The molecule has 2 N–H and O–H groups in total. The monoisotopic (exact) mass is 342 g/mol. The van der Waals surface area contributed by atoms with E-state index in [1.165, 1.54) is 25.7 Å². The highest BCUT2D eigenvalue weighted by atomic mass is 16.2. The summed E-state index contributed by atoms with van der Waals surface area (Å²) >= 11 is 0. The quantitative estimate of drug-likeness (QED) is 0.823. The average Bonchev–Trinajstić information content (AvgIpc) is 3.37. The van der Waals surface area contributed by atoms with Gasteiger partial charge in [0.1, 0.15) is 0 Å². The van der Waals surface area contributed by atoms with Gasteiger partial charge in [0.05, 0.1) is 5.69 Å². The fourth-order valence-corrected chi connectivity index (χ4v) is 4.79. The molecule has 0 spiro atoms. The van der Waals surface area contributed by atoms with E-state index in [4.69, 9.17) is 0 Å². The van der Waals surface area contributed by atoms with Crippen molar-refractivity contribution in [3.05, 3.63) is 18.3 Å². The number of nitrogens with one attached hydrogen (secondary N) is 2. The third kappa shape index (κ3) is 3.48. The van der Waals surface area contributed by atoms with Crippen LogP contribution in [0.1, 0.15) is 38.5 Å². The standard InChI is InChI=1S/C19H26N4O2/c24-18(21-12-15-11-13-5-6-14(15)10-13)19(25)22-16-4-3-7-20-17(16)23-8-1-2-9-23/h3-4,7,13-15H,1-2,5-6,8-12H2,(H,21,24)(H,22,25). The fourth-order valence-electron chi connectivity index (χ4n) is 4.79. The molecule has 6 heteroatoms. The smallest absolute Gasteiger partial charge is 0.313 e. The summed E-state index contributed by atoms with van der Waals surface area (Å²) in [6, 6.07) is 3.59. The third-order valence-electron chi connectivity index (χ3n) is 6.06. The van der Waals surface area contributed by atoms with Gasteiger partial charge in [-0.05, 0) is 62.0 Å². The molecule has 25 heavy (non-hydrogen) atoms. The van der Waals surface area contributed by atoms with E-state index in [2.05, 4.69) is 20.5 Å². The summed E-state index contributed by atoms with van der Waals surface area (Å²) in [5.41, 5.74) is 0.615. The van der Waals surface area contributed by atoms with Crippen LogP contribution in [0.25, 0.3) is 0 Å². The Bertz CT molecular complexity index is 657. The van der Waals surface area contributed by atoms with Crippen LogP contribution < -0.4 is 15.5 Å². The number of fused-ring (bicyclic) bond motifs is 2. The van der Waals surface area contributed by atoms with Gasteiger partial charge < -0.3 is 15.5 Å². The van der Waals surface area contributed by atoms with Crippen molar-refractivity contribution < 1.29 is 9.59 Å². The molecule has 2 amide bonds. The Morgan fingerprint density at radius 1 is 1.16 bits per heavy atom. The third-order valence-corrected chi connectivity index (χ3v) is 6.06. The Balaban J connectivity index is 1.33. The minimum atomic E-state index is -0.600. The van der Waals surface area contributed by atoms with E-state index < -0.39 is 11.8 Å². The van der Waals surface area contributed by atoms with Crippen molar-refractivity contribution in [2.75, 3.05) is 29.9 Å². The molecule has 3 unspecified atom stereocenters. The van der Waals surface area contributed by atoms with E-state index in [0.717, 1.165) is 43.6 Å². The number of carbonyl (C=O) groups is 2. The largest absolute Gasteiger partial charge is 0.355 e. The number of carbonyl (C=O) groups excluding carboxylic acids is 2. The van der Waals surface area contributed by atoms with Crippen LogP contribution in [0.15, 0.2) is 18.3 Å². The van der Waals surface area contributed by atoms with Crippen molar-refractivity contribution in [1.82, 2.24) is 10.3 Å². The van der Waals surface area contributed by atoms with Crippen LogP contribution in [0.4, 0.5) is 11.5 Å². The molecule has 1 aromatic rings. The lowest BCUT2D eigenvalue weighted by Crippen LogP contribution is -2.39. The number of aromatic nitrogens is 1. The maximum absolute atomic E-state index is 12.3. The Morgan fingerprint density at radius 3 is 2.72 bits per heavy atom. The molecule has 2 aliphatic carbocycles. The highest BCUT2D eigenvalue weighted by Crippen LogP contribution is 2.47. The number of nitrogens with zero attached hydrogens (tertiary/aromatic N) is 2. The van der Waals surface area contributed by atoms with E-state index in [1.807, 2.05) is 6.07 Å². The molecule has 1 aromatic heterocycles. The van der Waals surface area contributed by atoms with Gasteiger partial charge in [-0.2, -0.15) is 0 Å². The molecular weight excluding hydrogens is 316 g/mol. The minimum absolute atomic E-state index is 0.543. The van der Waals surface area contributed by atoms with Gasteiger partial charge >= 0.3 is 11.8 Å². The maximum Gasteiger partial charge on any atom is 0.313 e. The van der Waals surface area contributed by atoms with E-state index in [0.29, 0.717) is 18.2 Å². The predicted molar refractivity (Wildman–Crippen MR) is 96.3 cm³/mol. The van der Waals surface area contributed by atoms with Gasteiger partial charge in [-0.25, -0.2) is 4.98 Å². The van der Waals surface area contributed by atoms with Gasteiger partial charge in [0.25, 0.3) is 0 Å². The SMILES string of the molecule is O=C(NCC1CC2CCC1C2)C(=O)Nc1cccnc1N1CCCC1. The molecule has 2 bridgehead atoms. The lowest BCUT2D eigenvalue weighted by atomic mass is 9.89. The zero-order chi connectivity index (χ0) is 17.2. The van der Waals surface area contributed by atoms with Gasteiger partial charge in [0, 0.05) is 25.8 Å². The van der Waals surface area contributed by atoms with E-state index in [1.54, 1.807) is 12.3 Å². The molecule has 3 atom stereocenters. The van der Waals surface area contributed by atoms with Crippen LogP contribution in [0, 0.1) is 17.8 Å². The van der Waals surface area contributed by atoms with Gasteiger partial charge in [0.15, 0.2) is 5.82 Å². The minimum Gasteiger partial charge on any atom is -0.355 e. The van der Waals surface area contributed by atoms with Crippen LogP contribution in [0.3, 0.4) is 0 Å². The summed E-state index contributed by atoms with van der Waals surface area (Å²) in [6.07, 6.45) is 9.12. The van der Waals surface area contributed by atoms with Crippen molar-refractivity contribution in [3.8, 4) is 0 Å². The van der Waals surface area contributed by atoms with E-state index >= 15 is 0 Å². The van der Waals surface area contributed by atoms with Crippen LogP contribution in [-0.4, -0.2) is 36.4 Å². The number of hydrogen-bond acceptors (Lipinski definition) is 4. The predicted octanol–water partition coefficient (Wildman–Crippen LogP) is 2.17. The number of hydrogen-bond donors (Lipinski definition) is 2. The summed E-state index contributed by atoms with van der Waals surface area (Å²) < 4.78 is 0. The summed E-state index contributed by atoms with van der Waals surface area (Å²) in [4.78, 5) is 31.0. The Labute approximate surface area is 148 Å². The van der Waals surface area contributed by atoms with Gasteiger partial charge in [-0.1, -0.05) is 6.42 Å². The van der Waals surface area contributed by atoms with Gasteiger partial charge in [0.2, 0.25) is 0 Å². The van der Waals surface area contributed by atoms with E-state index in [9.17, 15) is 9.59 Å². The molecule has 1 saturated heterocycles. The number of rotatable bonds is 4. The second-order valence-electron chi connectivity index (χ2n) is 7.67. The molecule has 2 heterocycles. The van der Waals surface area contributed by atoms with Crippen molar-refractivity contribution >= 4 is 23.3 Å². The molecule has 134 valence electrons. The van der Waals surface area contributed by atoms with Crippen molar-refractivity contribution in [2.24, 2.45) is 17.8 Å². The van der Waals surface area contributed by atoms with E-state index in [-0.39, 0.29) is 0 Å². The summed E-state index contributed by atoms with van der Waals surface area (Å²) in [5, 5.41) is 5.57. The van der Waals surface area contributed by atoms with Crippen molar-refractivity contribution in [1.29, 1.82) is 0 Å². The second-order valence-corrected chi connectivity index (χ2v) is 7.67. The Morgan fingerprint density at radius 2 is 2.00 bits per heavy atom. The van der Waals surface area contributed by atoms with Crippen LogP contribution in [0.5, 0.6) is 0 Å². The second kappa shape index (κ2) is 7.02. The molecule has 2 saturated carbocycles. The first kappa shape index (κ1) is 16.4. The first-order chi connectivity index (χ1) is 12.2. The fraction of sp³-hybridized carbons (Fsp3) is 0.632. The normalized spacial score (nSPS) is 27.5. The first-order valence-corrected chi connectivity index (χ1v) is 9.50. The summed E-state index contributed by atoms with van der Waals surface area (Å²) in [5.74, 6) is 1.76. The highest BCUT2D eigenvalue weighted by Gasteiger charge is 2.39. The summed E-state index contributed by atoms with van der Waals surface area (Å²) in [6.45, 7) is 2.51.